The van der Waals surface area contributed by atoms with Gasteiger partial charge in [-0.2, -0.15) is 0 Å². The second kappa shape index (κ2) is 7.41. The highest BCUT2D eigenvalue weighted by molar-refractivity contribution is 5.80. The van der Waals surface area contributed by atoms with Gasteiger partial charge in [-0.1, -0.05) is 18.5 Å². The lowest BCUT2D eigenvalue weighted by Crippen LogP contribution is -2.38. The molecule has 2 aromatic rings. The molecule has 27 heavy (non-hydrogen) atoms. The molecule has 144 valence electrons. The van der Waals surface area contributed by atoms with Crippen LogP contribution in [-0.4, -0.2) is 32.5 Å². The lowest BCUT2D eigenvalue weighted by atomic mass is 9.84. The molecule has 1 aliphatic carbocycles. The molecule has 1 saturated heterocycles. The van der Waals surface area contributed by atoms with Gasteiger partial charge in [0, 0.05) is 30.6 Å². The van der Waals surface area contributed by atoms with Gasteiger partial charge in [-0.25, -0.2) is 9.97 Å². The Labute approximate surface area is 160 Å². The van der Waals surface area contributed by atoms with Gasteiger partial charge in [0.2, 0.25) is 5.91 Å². The first-order valence-electron chi connectivity index (χ1n) is 10.2. The fourth-order valence-electron chi connectivity index (χ4n) is 4.08. The van der Waals surface area contributed by atoms with Crippen LogP contribution in [0.15, 0.2) is 10.7 Å². The van der Waals surface area contributed by atoms with Crippen molar-refractivity contribution >= 4 is 5.91 Å². The van der Waals surface area contributed by atoms with Crippen molar-refractivity contribution in [3.63, 3.8) is 0 Å². The van der Waals surface area contributed by atoms with E-state index in [2.05, 4.69) is 22.0 Å². The molecule has 1 atom stereocenters. The van der Waals surface area contributed by atoms with Gasteiger partial charge in [0.1, 0.15) is 5.82 Å². The van der Waals surface area contributed by atoms with Crippen LogP contribution in [0.1, 0.15) is 74.3 Å². The largest absolute Gasteiger partial charge is 0.356 e. The normalized spacial score (nSPS) is 20.1. The monoisotopic (exact) mass is 368 g/mol. The van der Waals surface area contributed by atoms with Gasteiger partial charge in [0.25, 0.3) is 0 Å². The van der Waals surface area contributed by atoms with E-state index in [0.29, 0.717) is 5.91 Å². The van der Waals surface area contributed by atoms with Crippen LogP contribution in [-0.2, 0) is 11.2 Å². The Bertz CT molecular complexity index is 841. The molecule has 2 fully saturated rings. The minimum atomic E-state index is 0.0107. The maximum atomic E-state index is 13.0. The number of hydrogen-bond donors (Lipinski definition) is 0. The molecule has 1 aliphatic heterocycles. The van der Waals surface area contributed by atoms with Crippen LogP contribution in [0.2, 0.25) is 0 Å². The zero-order valence-corrected chi connectivity index (χ0v) is 16.5. The molecule has 6 heteroatoms. The van der Waals surface area contributed by atoms with Gasteiger partial charge in [0.05, 0.1) is 23.0 Å². The molecule has 2 aromatic heterocycles. The maximum Gasteiger partial charge on any atom is 0.226 e. The standard InChI is InChI=1S/C21H28N4O2/c1-4-7-18-22-12-16(20-13(2)14(3)24-27-20)19(23-18)17-10-6-11-25(17)21(26)15-8-5-9-15/h12,15,17H,4-11H2,1-3H3. The summed E-state index contributed by atoms with van der Waals surface area (Å²) in [6.07, 6.45) is 8.89. The van der Waals surface area contributed by atoms with Gasteiger partial charge in [-0.3, -0.25) is 4.79 Å². The van der Waals surface area contributed by atoms with Crippen LogP contribution in [0.3, 0.4) is 0 Å². The number of amides is 1. The van der Waals surface area contributed by atoms with Crippen molar-refractivity contribution in [2.24, 2.45) is 5.92 Å². The summed E-state index contributed by atoms with van der Waals surface area (Å²) in [7, 11) is 0. The summed E-state index contributed by atoms with van der Waals surface area (Å²) in [4.78, 5) is 24.5. The number of hydrogen-bond acceptors (Lipinski definition) is 5. The summed E-state index contributed by atoms with van der Waals surface area (Å²) in [5.74, 6) is 2.08. The summed E-state index contributed by atoms with van der Waals surface area (Å²) in [6.45, 7) is 6.90. The van der Waals surface area contributed by atoms with E-state index in [-0.39, 0.29) is 12.0 Å². The fourth-order valence-corrected chi connectivity index (χ4v) is 4.08. The third-order valence-corrected chi connectivity index (χ3v) is 6.05. The molecule has 0 radical (unpaired) electrons. The average molecular weight is 368 g/mol. The van der Waals surface area contributed by atoms with E-state index in [1.807, 2.05) is 20.0 Å². The average Bonchev–Trinajstić information content (AvgIpc) is 3.22. The first-order valence-corrected chi connectivity index (χ1v) is 10.2. The molecular weight excluding hydrogens is 340 g/mol. The molecule has 6 nitrogen and oxygen atoms in total. The quantitative estimate of drug-likeness (QED) is 0.792. The number of carbonyl (C=O) groups is 1. The number of aryl methyl sites for hydroxylation is 2. The summed E-state index contributed by atoms with van der Waals surface area (Å²) in [6, 6.07) is 0.0107. The highest BCUT2D eigenvalue weighted by atomic mass is 16.5. The van der Waals surface area contributed by atoms with Crippen molar-refractivity contribution in [3.8, 4) is 11.3 Å². The Morgan fingerprint density at radius 3 is 2.70 bits per heavy atom. The molecule has 3 heterocycles. The second-order valence-electron chi connectivity index (χ2n) is 7.87. The first kappa shape index (κ1) is 18.1. The highest BCUT2D eigenvalue weighted by Gasteiger charge is 2.38. The van der Waals surface area contributed by atoms with Gasteiger partial charge in [0.15, 0.2) is 5.76 Å². The number of nitrogens with zero attached hydrogens (tertiary/aromatic N) is 4. The molecule has 0 aromatic carbocycles. The fraction of sp³-hybridized carbons (Fsp3) is 0.619. The predicted octanol–water partition coefficient (Wildman–Crippen LogP) is 4.16. The summed E-state index contributed by atoms with van der Waals surface area (Å²) in [5, 5.41) is 4.11. The molecular formula is C21H28N4O2. The van der Waals surface area contributed by atoms with E-state index in [4.69, 9.17) is 9.51 Å². The second-order valence-corrected chi connectivity index (χ2v) is 7.87. The van der Waals surface area contributed by atoms with Crippen molar-refractivity contribution < 1.29 is 9.32 Å². The van der Waals surface area contributed by atoms with Crippen molar-refractivity contribution in [1.82, 2.24) is 20.0 Å². The molecule has 1 saturated carbocycles. The third-order valence-electron chi connectivity index (χ3n) is 6.05. The van der Waals surface area contributed by atoms with Crippen LogP contribution >= 0.6 is 0 Å². The van der Waals surface area contributed by atoms with Crippen LogP contribution in [0.4, 0.5) is 0 Å². The Balaban J connectivity index is 1.75. The van der Waals surface area contributed by atoms with E-state index < -0.39 is 0 Å². The number of carbonyl (C=O) groups excluding carboxylic acids is 1. The SMILES string of the molecule is CCCc1ncc(-c2onc(C)c2C)c(C2CCCN2C(=O)C2CCC2)n1. The van der Waals surface area contributed by atoms with E-state index in [0.717, 1.165) is 79.2 Å². The minimum absolute atomic E-state index is 0.0107. The van der Waals surface area contributed by atoms with Gasteiger partial charge in [-0.05, 0) is 46.0 Å². The Morgan fingerprint density at radius 1 is 1.26 bits per heavy atom. The Morgan fingerprint density at radius 2 is 2.07 bits per heavy atom. The number of likely N-dealkylation sites (tertiary alicyclic amines) is 1. The van der Waals surface area contributed by atoms with Crippen molar-refractivity contribution in [2.75, 3.05) is 6.54 Å². The zero-order valence-electron chi connectivity index (χ0n) is 16.5. The van der Waals surface area contributed by atoms with Crippen molar-refractivity contribution in [3.05, 3.63) is 29.0 Å². The van der Waals surface area contributed by atoms with Crippen LogP contribution in [0, 0.1) is 19.8 Å². The lowest BCUT2D eigenvalue weighted by Gasteiger charge is -2.33. The van der Waals surface area contributed by atoms with Crippen molar-refractivity contribution in [2.45, 2.75) is 71.8 Å². The highest BCUT2D eigenvalue weighted by Crippen LogP contribution is 2.40. The van der Waals surface area contributed by atoms with E-state index >= 15 is 0 Å². The third kappa shape index (κ3) is 3.26. The molecule has 1 amide bonds. The topological polar surface area (TPSA) is 72.1 Å². The summed E-state index contributed by atoms with van der Waals surface area (Å²) >= 11 is 0. The van der Waals surface area contributed by atoms with Gasteiger partial charge < -0.3 is 9.42 Å². The van der Waals surface area contributed by atoms with Gasteiger partial charge >= 0.3 is 0 Å². The predicted molar refractivity (Wildman–Crippen MR) is 102 cm³/mol. The Hall–Kier alpha value is -2.24. The molecule has 1 unspecified atom stereocenters. The minimum Gasteiger partial charge on any atom is -0.356 e. The van der Waals surface area contributed by atoms with E-state index in [1.165, 1.54) is 6.42 Å². The first-order chi connectivity index (χ1) is 13.1. The van der Waals surface area contributed by atoms with E-state index in [1.54, 1.807) is 0 Å². The number of aromatic nitrogens is 3. The smallest absolute Gasteiger partial charge is 0.226 e. The summed E-state index contributed by atoms with van der Waals surface area (Å²) < 4.78 is 5.62. The Kier molecular flexibility index (Phi) is 4.98. The zero-order chi connectivity index (χ0) is 19.0. The molecule has 0 bridgehead atoms. The van der Waals surface area contributed by atoms with Crippen molar-refractivity contribution in [1.29, 1.82) is 0 Å². The molecule has 4 rings (SSSR count). The molecule has 2 aliphatic rings. The maximum absolute atomic E-state index is 13.0. The number of rotatable bonds is 5. The summed E-state index contributed by atoms with van der Waals surface area (Å²) in [5.41, 5.74) is 3.70. The van der Waals surface area contributed by atoms with Crippen LogP contribution in [0.5, 0.6) is 0 Å². The van der Waals surface area contributed by atoms with Crippen LogP contribution < -0.4 is 0 Å². The molecule has 0 spiro atoms. The lowest BCUT2D eigenvalue weighted by molar-refractivity contribution is -0.139. The van der Waals surface area contributed by atoms with E-state index in [9.17, 15) is 4.79 Å². The van der Waals surface area contributed by atoms with Gasteiger partial charge in [-0.15, -0.1) is 0 Å². The molecule has 0 N–H and O–H groups in total. The van der Waals surface area contributed by atoms with Crippen LogP contribution in [0.25, 0.3) is 11.3 Å².